The number of nitrogens with one attached hydrogen (secondary N) is 4. The van der Waals surface area contributed by atoms with Crippen LogP contribution in [0.3, 0.4) is 0 Å². The van der Waals surface area contributed by atoms with Crippen LogP contribution in [-0.4, -0.2) is 22.6 Å². The van der Waals surface area contributed by atoms with Crippen LogP contribution in [0.15, 0.2) is 91.1 Å². The maximum Gasteiger partial charge on any atom is 0.255 e. The lowest BCUT2D eigenvalue weighted by molar-refractivity contribution is 0.102. The van der Waals surface area contributed by atoms with Gasteiger partial charge in [0.15, 0.2) is 5.82 Å². The zero-order chi connectivity index (χ0) is 26.2. The monoisotopic (exact) mass is 488 g/mol. The second-order valence-electron chi connectivity index (χ2n) is 9.93. The molecule has 1 aromatic heterocycles. The molecule has 0 atom stereocenters. The first-order valence-corrected chi connectivity index (χ1v) is 12.0. The largest absolute Gasteiger partial charge is 0.338 e. The Hall–Kier alpha value is -4.78. The van der Waals surface area contributed by atoms with E-state index in [4.69, 9.17) is 10.8 Å². The van der Waals surface area contributed by atoms with Gasteiger partial charge in [-0.1, -0.05) is 45.0 Å². The quantitative estimate of drug-likeness (QED) is 0.194. The molecule has 184 valence electrons. The number of fused-ring (bicyclic) bond motifs is 2. The summed E-state index contributed by atoms with van der Waals surface area (Å²) >= 11 is 0. The number of hydrogen-bond donors (Lipinski definition) is 4. The Kier molecular flexibility index (Phi) is 6.05. The van der Waals surface area contributed by atoms with Gasteiger partial charge < -0.3 is 10.6 Å². The second-order valence-corrected chi connectivity index (χ2v) is 9.93. The van der Waals surface area contributed by atoms with E-state index in [0.717, 1.165) is 5.69 Å². The molecule has 7 heteroatoms. The van der Waals surface area contributed by atoms with Gasteiger partial charge in [-0.15, -0.1) is 0 Å². The fourth-order valence-corrected chi connectivity index (χ4v) is 4.24. The van der Waals surface area contributed by atoms with Crippen molar-refractivity contribution in [1.29, 1.82) is 10.8 Å². The van der Waals surface area contributed by atoms with Crippen molar-refractivity contribution in [2.75, 3.05) is 15.5 Å². The summed E-state index contributed by atoms with van der Waals surface area (Å²) < 4.78 is 0. The van der Waals surface area contributed by atoms with E-state index in [1.807, 2.05) is 54.6 Å². The summed E-state index contributed by atoms with van der Waals surface area (Å²) in [7, 11) is 0. The molecule has 0 saturated heterocycles. The molecule has 1 aliphatic rings. The third kappa shape index (κ3) is 4.71. The van der Waals surface area contributed by atoms with Crippen LogP contribution in [0, 0.1) is 10.8 Å². The molecule has 0 spiro atoms. The Balaban J connectivity index is 1.38. The van der Waals surface area contributed by atoms with Gasteiger partial charge in [0.1, 0.15) is 11.7 Å². The van der Waals surface area contributed by atoms with Crippen LogP contribution in [0.5, 0.6) is 0 Å². The highest BCUT2D eigenvalue weighted by Gasteiger charge is 2.28. The minimum Gasteiger partial charge on any atom is -0.338 e. The molecule has 4 aromatic rings. The number of aromatic nitrogens is 1. The van der Waals surface area contributed by atoms with Crippen molar-refractivity contribution < 1.29 is 4.79 Å². The van der Waals surface area contributed by atoms with Gasteiger partial charge in [-0.25, -0.2) is 4.98 Å². The first-order valence-electron chi connectivity index (χ1n) is 12.0. The predicted octanol–water partition coefficient (Wildman–Crippen LogP) is 6.55. The van der Waals surface area contributed by atoms with Gasteiger partial charge in [-0.3, -0.25) is 20.5 Å². The van der Waals surface area contributed by atoms with Crippen LogP contribution in [0.4, 0.5) is 22.9 Å². The molecule has 0 saturated carbocycles. The van der Waals surface area contributed by atoms with Crippen molar-refractivity contribution >= 4 is 40.5 Å². The zero-order valence-electron chi connectivity index (χ0n) is 21.0. The van der Waals surface area contributed by atoms with Gasteiger partial charge in [0.2, 0.25) is 0 Å². The number of pyridine rings is 1. The average Bonchev–Trinajstić information content (AvgIpc) is 3.02. The lowest BCUT2D eigenvalue weighted by Crippen LogP contribution is -2.36. The molecule has 37 heavy (non-hydrogen) atoms. The highest BCUT2D eigenvalue weighted by molar-refractivity contribution is 6.30. The number of amidine groups is 2. The number of rotatable bonds is 3. The molecule has 4 N–H and O–H groups in total. The van der Waals surface area contributed by atoms with Crippen LogP contribution >= 0.6 is 0 Å². The van der Waals surface area contributed by atoms with Crippen LogP contribution in [0.1, 0.15) is 47.8 Å². The summed E-state index contributed by atoms with van der Waals surface area (Å²) in [5, 5.41) is 24.1. The lowest BCUT2D eigenvalue weighted by atomic mass is 9.87. The Morgan fingerprint density at radius 1 is 0.892 bits per heavy atom. The number of benzene rings is 3. The van der Waals surface area contributed by atoms with E-state index in [9.17, 15) is 4.79 Å². The summed E-state index contributed by atoms with van der Waals surface area (Å²) in [6.07, 6.45) is 1.68. The summed E-state index contributed by atoms with van der Waals surface area (Å²) in [6, 6.07) is 25.8. The van der Waals surface area contributed by atoms with Crippen LogP contribution in [-0.2, 0) is 5.41 Å². The average molecular weight is 489 g/mol. The molecule has 1 aliphatic heterocycles. The van der Waals surface area contributed by atoms with Gasteiger partial charge >= 0.3 is 0 Å². The van der Waals surface area contributed by atoms with E-state index in [1.54, 1.807) is 41.4 Å². The Labute approximate surface area is 216 Å². The normalized spacial score (nSPS) is 12.6. The van der Waals surface area contributed by atoms with Crippen molar-refractivity contribution in [3.63, 3.8) is 0 Å². The topological polar surface area (TPSA) is 105 Å². The Morgan fingerprint density at radius 2 is 1.57 bits per heavy atom. The van der Waals surface area contributed by atoms with Crippen molar-refractivity contribution in [2.45, 2.75) is 26.2 Å². The van der Waals surface area contributed by atoms with Gasteiger partial charge in [0.25, 0.3) is 5.91 Å². The maximum atomic E-state index is 12.8. The third-order valence-electron chi connectivity index (χ3n) is 6.34. The van der Waals surface area contributed by atoms with Crippen molar-refractivity contribution in [1.82, 2.24) is 4.98 Å². The molecule has 2 heterocycles. The molecule has 0 radical (unpaired) electrons. The van der Waals surface area contributed by atoms with E-state index < -0.39 is 0 Å². The number of nitrogens with zero attached hydrogens (tertiary/aromatic N) is 2. The summed E-state index contributed by atoms with van der Waals surface area (Å²) in [4.78, 5) is 18.8. The summed E-state index contributed by atoms with van der Waals surface area (Å²) in [5.74, 6) is 0.688. The first-order chi connectivity index (χ1) is 17.7. The molecule has 0 unspecified atom stereocenters. The molecule has 5 rings (SSSR count). The second kappa shape index (κ2) is 9.35. The van der Waals surface area contributed by atoms with Gasteiger partial charge in [0, 0.05) is 28.6 Å². The number of amides is 1. The van der Waals surface area contributed by atoms with E-state index in [0.29, 0.717) is 33.9 Å². The van der Waals surface area contributed by atoms with Crippen LogP contribution in [0.2, 0.25) is 0 Å². The van der Waals surface area contributed by atoms with Crippen molar-refractivity contribution in [2.24, 2.45) is 0 Å². The highest BCUT2D eigenvalue weighted by atomic mass is 16.1. The molecule has 0 bridgehead atoms. The molecular weight excluding hydrogens is 460 g/mol. The molecule has 0 fully saturated rings. The number of para-hydroxylation sites is 1. The molecule has 1 amide bonds. The van der Waals surface area contributed by atoms with E-state index >= 15 is 0 Å². The van der Waals surface area contributed by atoms with E-state index in [1.165, 1.54) is 5.56 Å². The third-order valence-corrected chi connectivity index (χ3v) is 6.34. The van der Waals surface area contributed by atoms with Gasteiger partial charge in [-0.2, -0.15) is 0 Å². The molecular formula is C30H28N6O. The zero-order valence-corrected chi connectivity index (χ0v) is 21.0. The Bertz CT molecular complexity index is 1500. The fraction of sp³-hybridized carbons (Fsp3) is 0.133. The van der Waals surface area contributed by atoms with Gasteiger partial charge in [0.05, 0.1) is 11.4 Å². The standard InChI is InChI=1S/C30H28N6O/c1-30(2,3)21-14-10-20(11-15-21)29(37)34-22-16-12-19(13-17-22)26(31)36-25-9-6-18-33-28(25)35-24-8-5-4-7-23(24)27(36)32/h4-18,31-32H,1-3H3,(H,33,35)(H,34,37). The minimum absolute atomic E-state index is 0.0216. The van der Waals surface area contributed by atoms with Crippen molar-refractivity contribution in [3.8, 4) is 0 Å². The summed E-state index contributed by atoms with van der Waals surface area (Å²) in [5.41, 5.74) is 5.05. The molecule has 7 nitrogen and oxygen atoms in total. The molecule has 3 aromatic carbocycles. The number of anilines is 4. The van der Waals surface area contributed by atoms with E-state index in [-0.39, 0.29) is 23.0 Å². The fourth-order valence-electron chi connectivity index (χ4n) is 4.24. The van der Waals surface area contributed by atoms with Crippen LogP contribution < -0.4 is 15.5 Å². The summed E-state index contributed by atoms with van der Waals surface area (Å²) in [6.45, 7) is 6.41. The smallest absolute Gasteiger partial charge is 0.255 e. The highest BCUT2D eigenvalue weighted by Crippen LogP contribution is 2.35. The number of hydrogen-bond acceptors (Lipinski definition) is 5. The van der Waals surface area contributed by atoms with Crippen molar-refractivity contribution in [3.05, 3.63) is 113 Å². The maximum absolute atomic E-state index is 12.8. The number of carbonyl (C=O) groups excluding carboxylic acids is 1. The lowest BCUT2D eigenvalue weighted by Gasteiger charge is -2.25. The first kappa shape index (κ1) is 23.9. The minimum atomic E-state index is -0.194. The Morgan fingerprint density at radius 3 is 2.27 bits per heavy atom. The van der Waals surface area contributed by atoms with Gasteiger partial charge in [-0.05, 0) is 71.6 Å². The SMILES string of the molecule is CC(C)(C)c1ccc(C(=O)Nc2ccc(C(=N)N3C(=N)c4ccccc4Nc4ncccc43)cc2)cc1. The number of carbonyl (C=O) groups is 1. The van der Waals surface area contributed by atoms with E-state index in [2.05, 4.69) is 36.4 Å². The molecule has 0 aliphatic carbocycles. The predicted molar refractivity (Wildman–Crippen MR) is 150 cm³/mol. The van der Waals surface area contributed by atoms with Crippen LogP contribution in [0.25, 0.3) is 0 Å².